The summed E-state index contributed by atoms with van der Waals surface area (Å²) in [5.41, 5.74) is 0.946. The molecule has 1 heterocycles. The molecule has 0 radical (unpaired) electrons. The van der Waals surface area contributed by atoms with Crippen LogP contribution in [0.3, 0.4) is 0 Å². The SMILES string of the molecule is CCC(O)(C(=O)OC)c1ccc(-c2ccc[nH]2)cc1. The lowest BCUT2D eigenvalue weighted by Gasteiger charge is -2.24. The van der Waals surface area contributed by atoms with Gasteiger partial charge in [-0.05, 0) is 29.7 Å². The minimum atomic E-state index is -1.58. The van der Waals surface area contributed by atoms with Crippen LogP contribution in [0.1, 0.15) is 18.9 Å². The third kappa shape index (κ3) is 2.39. The fourth-order valence-corrected chi connectivity index (χ4v) is 2.07. The van der Waals surface area contributed by atoms with Gasteiger partial charge in [0, 0.05) is 11.9 Å². The van der Waals surface area contributed by atoms with E-state index in [1.807, 2.05) is 30.5 Å². The second-order valence-electron chi connectivity index (χ2n) is 4.37. The van der Waals surface area contributed by atoms with Gasteiger partial charge >= 0.3 is 5.97 Å². The predicted molar refractivity (Wildman–Crippen MR) is 72.4 cm³/mol. The molecule has 0 amide bonds. The smallest absolute Gasteiger partial charge is 0.342 e. The van der Waals surface area contributed by atoms with Crippen molar-refractivity contribution in [3.05, 3.63) is 48.2 Å². The van der Waals surface area contributed by atoms with E-state index in [2.05, 4.69) is 9.72 Å². The lowest BCUT2D eigenvalue weighted by Crippen LogP contribution is -2.36. The molecular formula is C15H17NO3. The molecule has 0 spiro atoms. The third-order valence-corrected chi connectivity index (χ3v) is 3.31. The van der Waals surface area contributed by atoms with E-state index in [-0.39, 0.29) is 6.42 Å². The first-order chi connectivity index (χ1) is 9.11. The van der Waals surface area contributed by atoms with Crippen LogP contribution in [0.4, 0.5) is 0 Å². The van der Waals surface area contributed by atoms with Gasteiger partial charge in [0.15, 0.2) is 5.60 Å². The van der Waals surface area contributed by atoms with Crippen LogP contribution in [-0.2, 0) is 15.1 Å². The zero-order chi connectivity index (χ0) is 13.9. The number of hydrogen-bond acceptors (Lipinski definition) is 3. The van der Waals surface area contributed by atoms with Crippen molar-refractivity contribution in [1.29, 1.82) is 0 Å². The number of hydrogen-bond donors (Lipinski definition) is 2. The van der Waals surface area contributed by atoms with Crippen molar-refractivity contribution in [2.24, 2.45) is 0 Å². The van der Waals surface area contributed by atoms with Crippen LogP contribution in [0.2, 0.25) is 0 Å². The highest BCUT2D eigenvalue weighted by atomic mass is 16.5. The van der Waals surface area contributed by atoms with E-state index in [0.717, 1.165) is 11.3 Å². The molecular weight excluding hydrogens is 242 g/mol. The Kier molecular flexibility index (Phi) is 3.71. The summed E-state index contributed by atoms with van der Waals surface area (Å²) in [6, 6.07) is 11.1. The molecule has 100 valence electrons. The predicted octanol–water partition coefficient (Wildman–Crippen LogP) is 2.45. The molecule has 4 nitrogen and oxygen atoms in total. The fourth-order valence-electron chi connectivity index (χ4n) is 2.07. The van der Waals surface area contributed by atoms with Crippen LogP contribution in [0, 0.1) is 0 Å². The topological polar surface area (TPSA) is 62.3 Å². The van der Waals surface area contributed by atoms with Crippen LogP contribution in [0.25, 0.3) is 11.3 Å². The summed E-state index contributed by atoms with van der Waals surface area (Å²) in [6.45, 7) is 1.75. The number of aliphatic hydroxyl groups is 1. The van der Waals surface area contributed by atoms with E-state index >= 15 is 0 Å². The molecule has 1 atom stereocenters. The Labute approximate surface area is 112 Å². The fraction of sp³-hybridized carbons (Fsp3) is 0.267. The number of esters is 1. The van der Waals surface area contributed by atoms with Gasteiger partial charge < -0.3 is 14.8 Å². The molecule has 0 aliphatic heterocycles. The van der Waals surface area contributed by atoms with E-state index in [4.69, 9.17) is 0 Å². The Bertz CT molecular complexity index is 545. The molecule has 2 aromatic rings. The van der Waals surface area contributed by atoms with Crippen LogP contribution >= 0.6 is 0 Å². The minimum Gasteiger partial charge on any atom is -0.467 e. The summed E-state index contributed by atoms with van der Waals surface area (Å²) in [5, 5.41) is 10.4. The summed E-state index contributed by atoms with van der Waals surface area (Å²) < 4.78 is 4.67. The molecule has 2 rings (SSSR count). The van der Waals surface area contributed by atoms with E-state index in [0.29, 0.717) is 5.56 Å². The Morgan fingerprint density at radius 3 is 2.47 bits per heavy atom. The van der Waals surface area contributed by atoms with Gasteiger partial charge in [-0.15, -0.1) is 0 Å². The average molecular weight is 259 g/mol. The Balaban J connectivity index is 2.34. The second-order valence-corrected chi connectivity index (χ2v) is 4.37. The van der Waals surface area contributed by atoms with Crippen molar-refractivity contribution in [2.45, 2.75) is 18.9 Å². The molecule has 0 saturated carbocycles. The number of H-pyrrole nitrogens is 1. The Morgan fingerprint density at radius 2 is 2.00 bits per heavy atom. The van der Waals surface area contributed by atoms with E-state index in [1.54, 1.807) is 19.1 Å². The number of aromatic amines is 1. The van der Waals surface area contributed by atoms with Gasteiger partial charge in [0.05, 0.1) is 7.11 Å². The quantitative estimate of drug-likeness (QED) is 0.829. The number of methoxy groups -OCH3 is 1. The molecule has 1 aromatic heterocycles. The monoisotopic (exact) mass is 259 g/mol. The number of ether oxygens (including phenoxy) is 1. The van der Waals surface area contributed by atoms with Crippen LogP contribution in [-0.4, -0.2) is 23.2 Å². The minimum absolute atomic E-state index is 0.265. The van der Waals surface area contributed by atoms with Crippen molar-refractivity contribution < 1.29 is 14.6 Å². The maximum Gasteiger partial charge on any atom is 0.342 e. The van der Waals surface area contributed by atoms with Gasteiger partial charge in [-0.3, -0.25) is 0 Å². The first-order valence-corrected chi connectivity index (χ1v) is 6.17. The highest BCUT2D eigenvalue weighted by Gasteiger charge is 2.37. The molecule has 0 saturated heterocycles. The molecule has 0 fully saturated rings. The zero-order valence-corrected chi connectivity index (χ0v) is 11.0. The summed E-state index contributed by atoms with van der Waals surface area (Å²) in [7, 11) is 1.27. The highest BCUT2D eigenvalue weighted by molar-refractivity contribution is 5.81. The number of nitrogens with one attached hydrogen (secondary N) is 1. The standard InChI is InChI=1S/C15H17NO3/c1-3-15(18,14(17)19-2)12-8-6-11(7-9-12)13-5-4-10-16-13/h4-10,16,18H,3H2,1-2H3. The van der Waals surface area contributed by atoms with Crippen molar-refractivity contribution >= 4 is 5.97 Å². The summed E-state index contributed by atoms with van der Waals surface area (Å²) >= 11 is 0. The molecule has 2 N–H and O–H groups in total. The second kappa shape index (κ2) is 5.28. The lowest BCUT2D eigenvalue weighted by molar-refractivity contribution is -0.164. The van der Waals surface area contributed by atoms with Crippen LogP contribution in [0.5, 0.6) is 0 Å². The third-order valence-electron chi connectivity index (χ3n) is 3.31. The molecule has 1 aromatic carbocycles. The van der Waals surface area contributed by atoms with E-state index in [1.165, 1.54) is 7.11 Å². The average Bonchev–Trinajstić information content (AvgIpc) is 3.00. The Hall–Kier alpha value is -2.07. The van der Waals surface area contributed by atoms with Crippen molar-refractivity contribution in [2.75, 3.05) is 7.11 Å². The summed E-state index contributed by atoms with van der Waals surface area (Å²) in [6.07, 6.45) is 2.11. The van der Waals surface area contributed by atoms with Crippen LogP contribution < -0.4 is 0 Å². The van der Waals surface area contributed by atoms with Gasteiger partial charge in [0.25, 0.3) is 0 Å². The normalized spacial score (nSPS) is 13.8. The van der Waals surface area contributed by atoms with Gasteiger partial charge in [-0.2, -0.15) is 0 Å². The largest absolute Gasteiger partial charge is 0.467 e. The lowest BCUT2D eigenvalue weighted by atomic mass is 9.90. The first-order valence-electron chi connectivity index (χ1n) is 6.17. The molecule has 1 unspecified atom stereocenters. The van der Waals surface area contributed by atoms with E-state index < -0.39 is 11.6 Å². The van der Waals surface area contributed by atoms with Gasteiger partial charge in [-0.1, -0.05) is 31.2 Å². The first kappa shape index (κ1) is 13.4. The summed E-state index contributed by atoms with van der Waals surface area (Å²) in [4.78, 5) is 14.8. The molecule has 0 bridgehead atoms. The number of carbonyl (C=O) groups is 1. The van der Waals surface area contributed by atoms with Crippen molar-refractivity contribution in [3.63, 3.8) is 0 Å². The molecule has 19 heavy (non-hydrogen) atoms. The summed E-state index contributed by atoms with van der Waals surface area (Å²) in [5.74, 6) is -0.636. The van der Waals surface area contributed by atoms with Gasteiger partial charge in [-0.25, -0.2) is 4.79 Å². The zero-order valence-electron chi connectivity index (χ0n) is 11.0. The van der Waals surface area contributed by atoms with Gasteiger partial charge in [0.1, 0.15) is 0 Å². The van der Waals surface area contributed by atoms with E-state index in [9.17, 15) is 9.90 Å². The molecule has 4 heteroatoms. The van der Waals surface area contributed by atoms with Crippen molar-refractivity contribution in [3.8, 4) is 11.3 Å². The number of benzene rings is 1. The Morgan fingerprint density at radius 1 is 1.32 bits per heavy atom. The molecule has 0 aliphatic carbocycles. The van der Waals surface area contributed by atoms with Crippen molar-refractivity contribution in [1.82, 2.24) is 4.98 Å². The highest BCUT2D eigenvalue weighted by Crippen LogP contribution is 2.28. The number of carbonyl (C=O) groups excluding carboxylic acids is 1. The number of rotatable bonds is 4. The number of aromatic nitrogens is 1. The maximum absolute atomic E-state index is 11.7. The maximum atomic E-state index is 11.7. The van der Waals surface area contributed by atoms with Gasteiger partial charge in [0.2, 0.25) is 0 Å². The molecule has 0 aliphatic rings. The van der Waals surface area contributed by atoms with Crippen LogP contribution in [0.15, 0.2) is 42.6 Å².